The Labute approximate surface area is 208 Å². The summed E-state index contributed by atoms with van der Waals surface area (Å²) in [7, 11) is 0. The van der Waals surface area contributed by atoms with Gasteiger partial charge in [-0.1, -0.05) is 91.0 Å². The third-order valence-electron chi connectivity index (χ3n) is 5.59. The highest BCUT2D eigenvalue weighted by Gasteiger charge is 2.42. The number of benzene rings is 3. The first-order chi connectivity index (χ1) is 17.6. The van der Waals surface area contributed by atoms with Gasteiger partial charge in [0.1, 0.15) is 12.2 Å². The normalized spacial score (nSPS) is 24.5. The van der Waals surface area contributed by atoms with Crippen molar-refractivity contribution in [3.63, 3.8) is 0 Å². The van der Waals surface area contributed by atoms with E-state index in [9.17, 15) is 4.79 Å². The van der Waals surface area contributed by atoms with E-state index in [2.05, 4.69) is 0 Å². The van der Waals surface area contributed by atoms with E-state index in [1.165, 1.54) is 6.92 Å². The quantitative estimate of drug-likeness (QED) is 0.360. The largest absolute Gasteiger partial charge is 0.436 e. The van der Waals surface area contributed by atoms with Gasteiger partial charge in [-0.2, -0.15) is 0 Å². The standard InChI is InChI=1S/C29H32O6/c1-22(30)34-28-17-26(32-19-24-13-7-3-8-14-24)29(33-20-25-15-9-4-10-16-25)27(35-28)21-31-18-23-11-5-2-6-12-23/h2-16,26-29H,17-21H2,1H3/t26-,27-,28-,29+/m1/s1/i17D/t17-,26+,27+,28+,29-/m0. The zero-order chi connectivity index (χ0) is 25.2. The number of hydrogen-bond donors (Lipinski definition) is 0. The summed E-state index contributed by atoms with van der Waals surface area (Å²) in [5.74, 6) is -0.522. The Kier molecular flexibility index (Phi) is 8.91. The molecule has 0 aliphatic carbocycles. The van der Waals surface area contributed by atoms with Gasteiger partial charge < -0.3 is 23.7 Å². The lowest BCUT2D eigenvalue weighted by Crippen LogP contribution is -2.53. The van der Waals surface area contributed by atoms with Crippen LogP contribution >= 0.6 is 0 Å². The predicted octanol–water partition coefficient (Wildman–Crippen LogP) is 5.05. The molecule has 0 N–H and O–H groups in total. The van der Waals surface area contributed by atoms with E-state index in [0.717, 1.165) is 16.7 Å². The van der Waals surface area contributed by atoms with E-state index in [-0.39, 0.29) is 13.2 Å². The summed E-state index contributed by atoms with van der Waals surface area (Å²) < 4.78 is 38.8. The first kappa shape index (κ1) is 23.7. The Bertz CT molecular complexity index is 1050. The van der Waals surface area contributed by atoms with Gasteiger partial charge in [0.25, 0.3) is 0 Å². The molecule has 6 nitrogen and oxygen atoms in total. The predicted molar refractivity (Wildman–Crippen MR) is 131 cm³/mol. The molecule has 0 aromatic heterocycles. The molecular formula is C29H32O6. The molecular weight excluding hydrogens is 444 g/mol. The van der Waals surface area contributed by atoms with Crippen molar-refractivity contribution in [2.45, 2.75) is 57.7 Å². The fourth-order valence-corrected chi connectivity index (χ4v) is 3.89. The smallest absolute Gasteiger partial charge is 0.304 e. The van der Waals surface area contributed by atoms with Gasteiger partial charge in [-0.25, -0.2) is 0 Å². The van der Waals surface area contributed by atoms with Gasteiger partial charge in [0, 0.05) is 14.7 Å². The molecule has 1 heterocycles. The SMILES string of the molecule is [2H][C@@H]1[C@H](OC(C)=O)O[C@H](COCc2ccccc2)[C@@H](OCc2ccccc2)[C@@H]1OCc1ccccc1. The summed E-state index contributed by atoms with van der Waals surface area (Å²) in [5, 5.41) is 0. The van der Waals surface area contributed by atoms with Crippen LogP contribution in [-0.2, 0) is 48.3 Å². The molecule has 3 aromatic carbocycles. The maximum absolute atomic E-state index is 11.8. The van der Waals surface area contributed by atoms with Crippen LogP contribution in [0.3, 0.4) is 0 Å². The molecule has 0 radical (unpaired) electrons. The van der Waals surface area contributed by atoms with Crippen LogP contribution in [-0.4, -0.2) is 37.2 Å². The second kappa shape index (κ2) is 13.2. The summed E-state index contributed by atoms with van der Waals surface area (Å²) >= 11 is 0. The Balaban J connectivity index is 1.52. The molecule has 0 bridgehead atoms. The lowest BCUT2D eigenvalue weighted by Gasteiger charge is -2.40. The maximum Gasteiger partial charge on any atom is 0.304 e. The Morgan fingerprint density at radius 2 is 1.34 bits per heavy atom. The number of ether oxygens (including phenoxy) is 5. The lowest BCUT2D eigenvalue weighted by atomic mass is 10.0. The Morgan fingerprint density at radius 1 is 0.829 bits per heavy atom. The highest BCUT2D eigenvalue weighted by molar-refractivity contribution is 5.66. The average Bonchev–Trinajstić information content (AvgIpc) is 2.90. The molecule has 0 unspecified atom stereocenters. The van der Waals surface area contributed by atoms with Crippen molar-refractivity contribution in [1.82, 2.24) is 0 Å². The molecule has 184 valence electrons. The fraction of sp³-hybridized carbons (Fsp3) is 0.345. The molecule has 5 atom stereocenters. The van der Waals surface area contributed by atoms with E-state index in [1.54, 1.807) is 0 Å². The molecule has 1 fully saturated rings. The fourth-order valence-electron chi connectivity index (χ4n) is 3.89. The molecule has 3 aromatic rings. The zero-order valence-corrected chi connectivity index (χ0v) is 19.8. The van der Waals surface area contributed by atoms with Crippen LogP contribution in [0.15, 0.2) is 91.0 Å². The van der Waals surface area contributed by atoms with Crippen molar-refractivity contribution in [3.8, 4) is 0 Å². The number of rotatable bonds is 11. The van der Waals surface area contributed by atoms with Crippen LogP contribution < -0.4 is 0 Å². The van der Waals surface area contributed by atoms with E-state index < -0.39 is 37.0 Å². The lowest BCUT2D eigenvalue weighted by molar-refractivity contribution is -0.271. The molecule has 4 rings (SSSR count). The average molecular weight is 478 g/mol. The molecule has 1 aliphatic rings. The van der Waals surface area contributed by atoms with Crippen LogP contribution in [0.25, 0.3) is 0 Å². The van der Waals surface area contributed by atoms with Gasteiger partial charge in [0.2, 0.25) is 6.29 Å². The third kappa shape index (κ3) is 8.01. The van der Waals surface area contributed by atoms with E-state index in [0.29, 0.717) is 13.2 Å². The summed E-state index contributed by atoms with van der Waals surface area (Å²) in [6.45, 7) is 2.49. The molecule has 1 aliphatic heterocycles. The first-order valence-electron chi connectivity index (χ1n) is 12.4. The number of hydrogen-bond acceptors (Lipinski definition) is 6. The summed E-state index contributed by atoms with van der Waals surface area (Å²) in [4.78, 5) is 11.8. The molecule has 6 heteroatoms. The van der Waals surface area contributed by atoms with Crippen LogP contribution in [0.4, 0.5) is 0 Å². The monoisotopic (exact) mass is 477 g/mol. The molecule has 0 spiro atoms. The zero-order valence-electron chi connectivity index (χ0n) is 20.8. The van der Waals surface area contributed by atoms with Gasteiger partial charge in [-0.05, 0) is 16.7 Å². The van der Waals surface area contributed by atoms with Gasteiger partial charge in [0.15, 0.2) is 0 Å². The Morgan fingerprint density at radius 3 is 1.89 bits per heavy atom. The minimum Gasteiger partial charge on any atom is -0.436 e. The van der Waals surface area contributed by atoms with Crippen LogP contribution in [0, 0.1) is 0 Å². The number of carbonyl (C=O) groups is 1. The molecule has 35 heavy (non-hydrogen) atoms. The first-order valence-corrected chi connectivity index (χ1v) is 11.8. The molecule has 0 saturated carbocycles. The summed E-state index contributed by atoms with van der Waals surface area (Å²) in [6.07, 6.45) is -4.02. The van der Waals surface area contributed by atoms with Crippen molar-refractivity contribution in [2.24, 2.45) is 0 Å². The van der Waals surface area contributed by atoms with Crippen molar-refractivity contribution in [1.29, 1.82) is 0 Å². The van der Waals surface area contributed by atoms with Crippen LogP contribution in [0.1, 0.15) is 31.4 Å². The molecule has 0 amide bonds. The second-order valence-corrected chi connectivity index (χ2v) is 8.37. The number of carbonyl (C=O) groups excluding carboxylic acids is 1. The van der Waals surface area contributed by atoms with Gasteiger partial charge in [-0.3, -0.25) is 4.79 Å². The van der Waals surface area contributed by atoms with Crippen molar-refractivity contribution in [2.75, 3.05) is 6.61 Å². The number of esters is 1. The van der Waals surface area contributed by atoms with E-state index >= 15 is 0 Å². The maximum atomic E-state index is 11.8. The third-order valence-corrected chi connectivity index (χ3v) is 5.59. The van der Waals surface area contributed by atoms with E-state index in [1.807, 2.05) is 91.0 Å². The second-order valence-electron chi connectivity index (χ2n) is 8.37. The van der Waals surface area contributed by atoms with Crippen LogP contribution in [0.5, 0.6) is 0 Å². The van der Waals surface area contributed by atoms with Gasteiger partial charge >= 0.3 is 5.97 Å². The van der Waals surface area contributed by atoms with Gasteiger partial charge in [0.05, 0.1) is 32.5 Å². The highest BCUT2D eigenvalue weighted by atomic mass is 16.7. The minimum atomic E-state index is -1.09. The van der Waals surface area contributed by atoms with Gasteiger partial charge in [-0.15, -0.1) is 0 Å². The summed E-state index contributed by atoms with van der Waals surface area (Å²) in [5.41, 5.74) is 2.99. The van der Waals surface area contributed by atoms with Crippen molar-refractivity contribution in [3.05, 3.63) is 108 Å². The minimum absolute atomic E-state index is 0.185. The topological polar surface area (TPSA) is 63.2 Å². The van der Waals surface area contributed by atoms with E-state index in [4.69, 9.17) is 25.1 Å². The molecule has 1 saturated heterocycles. The van der Waals surface area contributed by atoms with Crippen molar-refractivity contribution < 1.29 is 29.8 Å². The highest BCUT2D eigenvalue weighted by Crippen LogP contribution is 2.28. The summed E-state index contributed by atoms with van der Waals surface area (Å²) in [6, 6.07) is 29.4. The van der Waals surface area contributed by atoms with Crippen LogP contribution in [0.2, 0.25) is 0 Å². The Hall–Kier alpha value is -3.03. The van der Waals surface area contributed by atoms with Crippen molar-refractivity contribution >= 4 is 5.97 Å².